The van der Waals surface area contributed by atoms with Crippen molar-refractivity contribution in [3.63, 3.8) is 0 Å². The second-order valence-electron chi connectivity index (χ2n) is 4.18. The first-order valence-electron chi connectivity index (χ1n) is 5.75. The van der Waals surface area contributed by atoms with E-state index < -0.39 is 0 Å². The molecule has 1 aromatic carbocycles. The summed E-state index contributed by atoms with van der Waals surface area (Å²) in [6, 6.07) is 11.2. The fourth-order valence-electron chi connectivity index (χ4n) is 1.66. The lowest BCUT2D eigenvalue weighted by Crippen LogP contribution is -2.22. The number of hydrogen-bond donors (Lipinski definition) is 1. The Balaban J connectivity index is 2.15. The molecular formula is C14H16N2O2. The minimum absolute atomic E-state index is 0.0162. The maximum Gasteiger partial charge on any atom is 0.255 e. The zero-order valence-electron chi connectivity index (χ0n) is 10.5. The van der Waals surface area contributed by atoms with Crippen LogP contribution >= 0.6 is 0 Å². The highest BCUT2D eigenvalue weighted by Gasteiger charge is 2.12. The first kappa shape index (κ1) is 12.2. The molecular weight excluding hydrogens is 228 g/mol. The van der Waals surface area contributed by atoms with Gasteiger partial charge in [-0.2, -0.15) is 0 Å². The summed E-state index contributed by atoms with van der Waals surface area (Å²) in [6.07, 6.45) is 1.63. The minimum Gasteiger partial charge on any atom is -0.467 e. The highest BCUT2D eigenvalue weighted by Crippen LogP contribution is 2.17. The van der Waals surface area contributed by atoms with Gasteiger partial charge in [-0.1, -0.05) is 12.1 Å². The van der Waals surface area contributed by atoms with Crippen LogP contribution in [0.25, 0.3) is 0 Å². The van der Waals surface area contributed by atoms with Crippen LogP contribution in [0.4, 0.5) is 5.69 Å². The molecule has 18 heavy (non-hydrogen) atoms. The van der Waals surface area contributed by atoms with Crippen LogP contribution in [0.15, 0.2) is 47.1 Å². The van der Waals surface area contributed by atoms with E-state index in [9.17, 15) is 4.79 Å². The zero-order chi connectivity index (χ0) is 13.0. The molecule has 1 amide bonds. The highest BCUT2D eigenvalue weighted by molar-refractivity contribution is 5.99. The summed E-state index contributed by atoms with van der Waals surface area (Å²) in [4.78, 5) is 13.6. The number of nitrogens with one attached hydrogen (secondary N) is 1. The van der Waals surface area contributed by atoms with E-state index in [-0.39, 0.29) is 5.91 Å². The third-order valence-corrected chi connectivity index (χ3v) is 2.60. The molecule has 0 saturated heterocycles. The minimum atomic E-state index is -0.0162. The Labute approximate surface area is 106 Å². The normalized spacial score (nSPS) is 10.1. The van der Waals surface area contributed by atoms with Crippen molar-refractivity contribution in [3.8, 4) is 0 Å². The van der Waals surface area contributed by atoms with Crippen molar-refractivity contribution in [1.29, 1.82) is 0 Å². The van der Waals surface area contributed by atoms with Gasteiger partial charge in [0.15, 0.2) is 0 Å². The largest absolute Gasteiger partial charge is 0.467 e. The van der Waals surface area contributed by atoms with Crippen LogP contribution in [-0.2, 0) is 6.54 Å². The van der Waals surface area contributed by atoms with E-state index in [0.717, 1.165) is 11.4 Å². The Kier molecular flexibility index (Phi) is 3.67. The summed E-state index contributed by atoms with van der Waals surface area (Å²) < 4.78 is 5.25. The standard InChI is InChI=1S/C14H16N2O2/c1-16(2)14(17)12-7-3-4-8-13(12)15-10-11-6-5-9-18-11/h3-9,15H,10H2,1-2H3. The van der Waals surface area contributed by atoms with Gasteiger partial charge in [-0.3, -0.25) is 4.79 Å². The Hall–Kier alpha value is -2.23. The van der Waals surface area contributed by atoms with Crippen molar-refractivity contribution < 1.29 is 9.21 Å². The lowest BCUT2D eigenvalue weighted by Gasteiger charge is -2.14. The van der Waals surface area contributed by atoms with Crippen LogP contribution in [0.1, 0.15) is 16.1 Å². The van der Waals surface area contributed by atoms with Gasteiger partial charge in [0.2, 0.25) is 0 Å². The van der Waals surface area contributed by atoms with Gasteiger partial charge in [0, 0.05) is 19.8 Å². The first-order valence-corrected chi connectivity index (χ1v) is 5.75. The molecule has 1 N–H and O–H groups in total. The average Bonchev–Trinajstić information content (AvgIpc) is 2.89. The monoisotopic (exact) mass is 244 g/mol. The smallest absolute Gasteiger partial charge is 0.255 e. The number of furan rings is 1. The molecule has 4 heteroatoms. The predicted molar refractivity (Wildman–Crippen MR) is 70.5 cm³/mol. The lowest BCUT2D eigenvalue weighted by atomic mass is 10.1. The second kappa shape index (κ2) is 5.40. The number of rotatable bonds is 4. The van der Waals surface area contributed by atoms with Gasteiger partial charge in [-0.25, -0.2) is 0 Å². The van der Waals surface area contributed by atoms with Crippen LogP contribution in [-0.4, -0.2) is 24.9 Å². The molecule has 0 aliphatic heterocycles. The van der Waals surface area contributed by atoms with E-state index in [1.807, 2.05) is 36.4 Å². The quantitative estimate of drug-likeness (QED) is 0.899. The Morgan fingerprint density at radius 2 is 2.00 bits per heavy atom. The molecule has 0 aliphatic carbocycles. The molecule has 2 aromatic rings. The Morgan fingerprint density at radius 3 is 2.67 bits per heavy atom. The molecule has 0 fully saturated rings. The first-order chi connectivity index (χ1) is 8.68. The van der Waals surface area contributed by atoms with E-state index in [0.29, 0.717) is 12.1 Å². The SMILES string of the molecule is CN(C)C(=O)c1ccccc1NCc1ccco1. The molecule has 0 spiro atoms. The molecule has 0 radical (unpaired) electrons. The Morgan fingerprint density at radius 1 is 1.22 bits per heavy atom. The van der Waals surface area contributed by atoms with Crippen molar-refractivity contribution >= 4 is 11.6 Å². The molecule has 0 atom stereocenters. The topological polar surface area (TPSA) is 45.5 Å². The Bertz CT molecular complexity index is 518. The third kappa shape index (κ3) is 2.71. The molecule has 2 rings (SSSR count). The average molecular weight is 244 g/mol. The number of para-hydroxylation sites is 1. The molecule has 0 unspecified atom stereocenters. The number of carbonyl (C=O) groups is 1. The van der Waals surface area contributed by atoms with E-state index >= 15 is 0 Å². The molecule has 94 valence electrons. The molecule has 1 aromatic heterocycles. The number of anilines is 1. The number of nitrogens with zero attached hydrogens (tertiary/aromatic N) is 1. The summed E-state index contributed by atoms with van der Waals surface area (Å²) in [5.41, 5.74) is 1.47. The van der Waals surface area contributed by atoms with E-state index in [4.69, 9.17) is 4.42 Å². The van der Waals surface area contributed by atoms with Crippen molar-refractivity contribution in [2.75, 3.05) is 19.4 Å². The molecule has 0 bridgehead atoms. The third-order valence-electron chi connectivity index (χ3n) is 2.60. The van der Waals surface area contributed by atoms with Crippen LogP contribution in [0, 0.1) is 0 Å². The highest BCUT2D eigenvalue weighted by atomic mass is 16.3. The van der Waals surface area contributed by atoms with Gasteiger partial charge >= 0.3 is 0 Å². The van der Waals surface area contributed by atoms with Gasteiger partial charge < -0.3 is 14.6 Å². The summed E-state index contributed by atoms with van der Waals surface area (Å²) in [5, 5.41) is 3.21. The fraction of sp³-hybridized carbons (Fsp3) is 0.214. The maximum atomic E-state index is 12.0. The van der Waals surface area contributed by atoms with E-state index in [1.165, 1.54) is 0 Å². The van der Waals surface area contributed by atoms with Crippen molar-refractivity contribution in [2.45, 2.75) is 6.54 Å². The van der Waals surface area contributed by atoms with Gasteiger partial charge in [-0.05, 0) is 24.3 Å². The van der Waals surface area contributed by atoms with Gasteiger partial charge in [-0.15, -0.1) is 0 Å². The van der Waals surface area contributed by atoms with Gasteiger partial charge in [0.25, 0.3) is 5.91 Å². The molecule has 0 saturated carbocycles. The number of hydrogen-bond acceptors (Lipinski definition) is 3. The molecule has 4 nitrogen and oxygen atoms in total. The maximum absolute atomic E-state index is 12.0. The summed E-state index contributed by atoms with van der Waals surface area (Å²) in [6.45, 7) is 0.560. The lowest BCUT2D eigenvalue weighted by molar-refractivity contribution is 0.0828. The van der Waals surface area contributed by atoms with Gasteiger partial charge in [0.1, 0.15) is 5.76 Å². The van der Waals surface area contributed by atoms with Crippen LogP contribution in [0.2, 0.25) is 0 Å². The van der Waals surface area contributed by atoms with Crippen LogP contribution in [0.5, 0.6) is 0 Å². The van der Waals surface area contributed by atoms with Crippen molar-refractivity contribution in [1.82, 2.24) is 4.90 Å². The predicted octanol–water partition coefficient (Wildman–Crippen LogP) is 2.59. The second-order valence-corrected chi connectivity index (χ2v) is 4.18. The summed E-state index contributed by atoms with van der Waals surface area (Å²) >= 11 is 0. The zero-order valence-corrected chi connectivity index (χ0v) is 10.5. The number of carbonyl (C=O) groups excluding carboxylic acids is 1. The van der Waals surface area contributed by atoms with E-state index in [1.54, 1.807) is 25.3 Å². The number of benzene rings is 1. The van der Waals surface area contributed by atoms with Crippen molar-refractivity contribution in [3.05, 3.63) is 54.0 Å². The number of amides is 1. The fourth-order valence-corrected chi connectivity index (χ4v) is 1.66. The van der Waals surface area contributed by atoms with Gasteiger partial charge in [0.05, 0.1) is 18.4 Å². The molecule has 0 aliphatic rings. The van der Waals surface area contributed by atoms with Crippen molar-refractivity contribution in [2.24, 2.45) is 0 Å². The summed E-state index contributed by atoms with van der Waals surface area (Å²) in [7, 11) is 3.48. The molecule has 1 heterocycles. The van der Waals surface area contributed by atoms with Crippen LogP contribution in [0.3, 0.4) is 0 Å². The van der Waals surface area contributed by atoms with Crippen LogP contribution < -0.4 is 5.32 Å². The summed E-state index contributed by atoms with van der Waals surface area (Å²) in [5.74, 6) is 0.819. The van der Waals surface area contributed by atoms with E-state index in [2.05, 4.69) is 5.32 Å².